The molecule has 0 amide bonds. The summed E-state index contributed by atoms with van der Waals surface area (Å²) < 4.78 is 102. The molecule has 0 aliphatic heterocycles. The summed E-state index contributed by atoms with van der Waals surface area (Å²) >= 11 is 0. The monoisotopic (exact) mass is 378 g/mol. The molecule has 0 fully saturated rings. The highest BCUT2D eigenvalue weighted by atomic mass is 19.4. The van der Waals surface area contributed by atoms with Crippen molar-refractivity contribution >= 4 is 5.97 Å². The number of ether oxygens (including phenoxy) is 3. The third-order valence-electron chi connectivity index (χ3n) is 3.16. The Balaban J connectivity index is 3.03. The highest BCUT2D eigenvalue weighted by molar-refractivity contribution is 5.79. The average molecular weight is 378 g/mol. The number of benzene rings is 1. The van der Waals surface area contributed by atoms with Crippen molar-refractivity contribution in [2.45, 2.75) is 31.6 Å². The largest absolute Gasteiger partial charge is 0.496 e. The predicted molar refractivity (Wildman–Crippen MR) is 70.0 cm³/mol. The molecule has 1 aromatic rings. The number of alkyl halides is 7. The van der Waals surface area contributed by atoms with Gasteiger partial charge in [0.2, 0.25) is 0 Å². The summed E-state index contributed by atoms with van der Waals surface area (Å²) in [6.07, 6.45) is -6.62. The van der Waals surface area contributed by atoms with Gasteiger partial charge in [0.1, 0.15) is 18.1 Å². The lowest BCUT2D eigenvalue weighted by molar-refractivity contribution is -0.348. The maximum absolute atomic E-state index is 13.2. The Kier molecular flexibility index (Phi) is 5.81. The van der Waals surface area contributed by atoms with Crippen molar-refractivity contribution in [3.63, 3.8) is 0 Å². The van der Waals surface area contributed by atoms with Gasteiger partial charge in [0, 0.05) is 5.56 Å². The van der Waals surface area contributed by atoms with Crippen LogP contribution in [0.25, 0.3) is 0 Å². The van der Waals surface area contributed by atoms with E-state index in [0.29, 0.717) is 5.56 Å². The van der Waals surface area contributed by atoms with Crippen molar-refractivity contribution in [2.24, 2.45) is 0 Å². The molecule has 11 heteroatoms. The van der Waals surface area contributed by atoms with E-state index in [2.05, 4.69) is 4.74 Å². The Morgan fingerprint density at radius 3 is 1.92 bits per heavy atom. The Hall–Kier alpha value is -2.20. The van der Waals surface area contributed by atoms with Crippen molar-refractivity contribution < 1.29 is 49.7 Å². The smallest absolute Gasteiger partial charge is 0.460 e. The Morgan fingerprint density at radius 1 is 0.960 bits per heavy atom. The molecule has 0 saturated carbocycles. The molecule has 0 atom stereocenters. The number of hydrogen-bond donors (Lipinski definition) is 0. The number of hydrogen-bond acceptors (Lipinski definition) is 4. The highest BCUT2D eigenvalue weighted by Crippen LogP contribution is 2.47. The second-order valence-electron chi connectivity index (χ2n) is 4.86. The summed E-state index contributed by atoms with van der Waals surface area (Å²) in [5.74, 6) is -15.4. The minimum atomic E-state index is -6.62. The van der Waals surface area contributed by atoms with E-state index in [-0.39, 0.29) is 17.1 Å². The van der Waals surface area contributed by atoms with Crippen LogP contribution in [0.15, 0.2) is 12.1 Å². The van der Waals surface area contributed by atoms with E-state index in [9.17, 15) is 35.5 Å². The van der Waals surface area contributed by atoms with Crippen molar-refractivity contribution in [3.8, 4) is 11.5 Å². The lowest BCUT2D eigenvalue weighted by atomic mass is 10.1. The number of aryl methyl sites for hydroxylation is 1. The fourth-order valence-corrected chi connectivity index (χ4v) is 1.77. The molecule has 0 N–H and O–H groups in total. The second kappa shape index (κ2) is 6.96. The van der Waals surface area contributed by atoms with E-state index in [1.165, 1.54) is 26.4 Å². The van der Waals surface area contributed by atoms with Crippen LogP contribution < -0.4 is 9.47 Å². The van der Waals surface area contributed by atoms with Gasteiger partial charge in [-0.1, -0.05) is 0 Å². The van der Waals surface area contributed by atoms with Crippen LogP contribution >= 0.6 is 0 Å². The van der Waals surface area contributed by atoms with Gasteiger partial charge in [0.15, 0.2) is 0 Å². The van der Waals surface area contributed by atoms with E-state index in [1.54, 1.807) is 6.92 Å². The molecule has 1 rings (SSSR count). The Morgan fingerprint density at radius 2 is 1.48 bits per heavy atom. The lowest BCUT2D eigenvalue weighted by Gasteiger charge is -2.26. The number of halogens is 7. The standard InChI is InChI=1S/C14H13F7O4/c1-7-4-10(24-3)8(5-9(7)23-2)6-25-11(22)12(15,16)13(17,18)14(19,20)21/h4-5H,6H2,1-3H3. The maximum atomic E-state index is 13.2. The van der Waals surface area contributed by atoms with Gasteiger partial charge in [-0.15, -0.1) is 0 Å². The van der Waals surface area contributed by atoms with Gasteiger partial charge < -0.3 is 14.2 Å². The third kappa shape index (κ3) is 3.90. The van der Waals surface area contributed by atoms with Crippen LogP contribution in [0, 0.1) is 6.92 Å². The molecule has 0 heterocycles. The minimum absolute atomic E-state index is 0.0389. The van der Waals surface area contributed by atoms with Gasteiger partial charge in [-0.2, -0.15) is 30.7 Å². The molecular weight excluding hydrogens is 365 g/mol. The van der Waals surface area contributed by atoms with Crippen LogP contribution in [-0.2, 0) is 16.1 Å². The maximum Gasteiger partial charge on any atom is 0.460 e. The topological polar surface area (TPSA) is 44.8 Å². The van der Waals surface area contributed by atoms with Gasteiger partial charge in [-0.3, -0.25) is 0 Å². The number of rotatable bonds is 6. The zero-order valence-electron chi connectivity index (χ0n) is 13.1. The summed E-state index contributed by atoms with van der Waals surface area (Å²) in [4.78, 5) is 11.1. The Labute approximate surface area is 137 Å². The molecule has 0 aromatic heterocycles. The van der Waals surface area contributed by atoms with E-state index in [1.807, 2.05) is 0 Å². The molecule has 0 radical (unpaired) electrons. The summed E-state index contributed by atoms with van der Waals surface area (Å²) in [5.41, 5.74) is 0.493. The van der Waals surface area contributed by atoms with Crippen LogP contribution in [0.4, 0.5) is 30.7 Å². The van der Waals surface area contributed by atoms with Gasteiger partial charge in [0.25, 0.3) is 0 Å². The minimum Gasteiger partial charge on any atom is -0.496 e. The van der Waals surface area contributed by atoms with Crippen molar-refractivity contribution in [1.82, 2.24) is 0 Å². The second-order valence-corrected chi connectivity index (χ2v) is 4.86. The quantitative estimate of drug-likeness (QED) is 0.557. The predicted octanol–water partition coefficient (Wildman–Crippen LogP) is 3.89. The van der Waals surface area contributed by atoms with Crippen LogP contribution in [0.3, 0.4) is 0 Å². The first-order valence-electron chi connectivity index (χ1n) is 6.50. The summed E-state index contributed by atoms with van der Waals surface area (Å²) in [5, 5.41) is 0. The first-order chi connectivity index (χ1) is 11.3. The van der Waals surface area contributed by atoms with Gasteiger partial charge in [-0.05, 0) is 24.6 Å². The molecule has 0 unspecified atom stereocenters. The van der Waals surface area contributed by atoms with Crippen molar-refractivity contribution in [3.05, 3.63) is 23.3 Å². The first-order valence-corrected chi connectivity index (χ1v) is 6.50. The summed E-state index contributed by atoms with van der Waals surface area (Å²) in [6.45, 7) is 0.581. The van der Waals surface area contributed by atoms with Gasteiger partial charge in [0.05, 0.1) is 14.2 Å². The average Bonchev–Trinajstić information content (AvgIpc) is 2.51. The lowest BCUT2D eigenvalue weighted by Crippen LogP contribution is -2.56. The molecule has 0 bridgehead atoms. The number of methoxy groups -OCH3 is 2. The van der Waals surface area contributed by atoms with Crippen LogP contribution in [-0.4, -0.2) is 38.2 Å². The van der Waals surface area contributed by atoms with E-state index >= 15 is 0 Å². The van der Waals surface area contributed by atoms with Crippen LogP contribution in [0.2, 0.25) is 0 Å². The van der Waals surface area contributed by atoms with E-state index in [0.717, 1.165) is 0 Å². The molecular formula is C14H13F7O4. The number of carbonyl (C=O) groups excluding carboxylic acids is 1. The SMILES string of the molecule is COc1cc(COC(=O)C(F)(F)C(F)(F)C(F)(F)F)c(OC)cc1C. The normalized spacial score (nSPS) is 12.7. The highest BCUT2D eigenvalue weighted by Gasteiger charge is 2.77. The molecule has 0 spiro atoms. The molecule has 142 valence electrons. The van der Waals surface area contributed by atoms with Gasteiger partial charge in [-0.25, -0.2) is 4.79 Å². The number of esters is 1. The zero-order chi connectivity index (χ0) is 19.6. The molecule has 0 aliphatic rings. The molecule has 0 saturated heterocycles. The van der Waals surface area contributed by atoms with Crippen LogP contribution in [0.5, 0.6) is 11.5 Å². The van der Waals surface area contributed by atoms with E-state index < -0.39 is 30.6 Å². The first kappa shape index (κ1) is 20.8. The molecule has 25 heavy (non-hydrogen) atoms. The fourth-order valence-electron chi connectivity index (χ4n) is 1.77. The fraction of sp³-hybridized carbons (Fsp3) is 0.500. The van der Waals surface area contributed by atoms with Crippen molar-refractivity contribution in [2.75, 3.05) is 14.2 Å². The van der Waals surface area contributed by atoms with Gasteiger partial charge >= 0.3 is 24.0 Å². The molecule has 1 aromatic carbocycles. The molecule has 4 nitrogen and oxygen atoms in total. The number of carbonyl (C=O) groups is 1. The zero-order valence-corrected chi connectivity index (χ0v) is 13.1. The van der Waals surface area contributed by atoms with Crippen molar-refractivity contribution in [1.29, 1.82) is 0 Å². The van der Waals surface area contributed by atoms with Crippen LogP contribution in [0.1, 0.15) is 11.1 Å². The summed E-state index contributed by atoms with van der Waals surface area (Å²) in [6, 6.07) is 2.59. The van der Waals surface area contributed by atoms with E-state index in [4.69, 9.17) is 9.47 Å². The summed E-state index contributed by atoms with van der Waals surface area (Å²) in [7, 11) is 2.47. The third-order valence-corrected chi connectivity index (χ3v) is 3.16. The Bertz CT molecular complexity index is 641. The molecule has 0 aliphatic carbocycles.